The molecule has 0 bridgehead atoms. The van der Waals surface area contributed by atoms with E-state index in [2.05, 4.69) is 36.1 Å². The number of nitrogens with one attached hydrogen (secondary N) is 1. The van der Waals surface area contributed by atoms with Gasteiger partial charge in [-0.3, -0.25) is 0 Å². The van der Waals surface area contributed by atoms with Gasteiger partial charge in [-0.05, 0) is 12.3 Å². The fourth-order valence-corrected chi connectivity index (χ4v) is 1.66. The van der Waals surface area contributed by atoms with Gasteiger partial charge < -0.3 is 14.8 Å². The summed E-state index contributed by atoms with van der Waals surface area (Å²) in [7, 11) is 1.85. The molecule has 0 atom stereocenters. The number of anilines is 1. The smallest absolute Gasteiger partial charge is 0.222 e. The van der Waals surface area contributed by atoms with Crippen LogP contribution < -0.4 is 10.1 Å². The molecule has 0 aliphatic rings. The Hall–Kier alpha value is -1.36. The van der Waals surface area contributed by atoms with Crippen LogP contribution in [0.3, 0.4) is 0 Å². The monoisotopic (exact) mass is 253 g/mol. The second kappa shape index (κ2) is 7.87. The standard InChI is InChI=1S/C13H23N3O2/c1-5-6-17-7-8-18-13-11(10(2)3)12(14-4)15-9-16-13/h9-10H,5-8H2,1-4H3,(H,14,15,16). The van der Waals surface area contributed by atoms with Crippen molar-refractivity contribution in [2.75, 3.05) is 32.2 Å². The van der Waals surface area contributed by atoms with Crippen LogP contribution in [0.1, 0.15) is 38.7 Å². The largest absolute Gasteiger partial charge is 0.475 e. The van der Waals surface area contributed by atoms with Gasteiger partial charge in [0.2, 0.25) is 5.88 Å². The summed E-state index contributed by atoms with van der Waals surface area (Å²) in [6, 6.07) is 0. The van der Waals surface area contributed by atoms with Gasteiger partial charge >= 0.3 is 0 Å². The van der Waals surface area contributed by atoms with Crippen LogP contribution in [0.25, 0.3) is 0 Å². The second-order valence-corrected chi connectivity index (χ2v) is 4.31. The third kappa shape index (κ3) is 4.14. The molecule has 1 rings (SSSR count). The number of rotatable bonds is 8. The molecule has 0 aliphatic heterocycles. The van der Waals surface area contributed by atoms with Gasteiger partial charge in [0.15, 0.2) is 0 Å². The average Bonchev–Trinajstić information content (AvgIpc) is 2.37. The highest BCUT2D eigenvalue weighted by Crippen LogP contribution is 2.29. The summed E-state index contributed by atoms with van der Waals surface area (Å²) in [5, 5.41) is 3.07. The van der Waals surface area contributed by atoms with Crippen LogP contribution in [0.15, 0.2) is 6.33 Å². The molecular weight excluding hydrogens is 230 g/mol. The second-order valence-electron chi connectivity index (χ2n) is 4.31. The first-order chi connectivity index (χ1) is 8.70. The van der Waals surface area contributed by atoms with Gasteiger partial charge in [-0.1, -0.05) is 20.8 Å². The first-order valence-corrected chi connectivity index (χ1v) is 6.43. The molecule has 5 heteroatoms. The molecule has 0 aromatic carbocycles. The Kier molecular flexibility index (Phi) is 6.43. The van der Waals surface area contributed by atoms with Crippen molar-refractivity contribution in [1.82, 2.24) is 9.97 Å². The topological polar surface area (TPSA) is 56.3 Å². The first kappa shape index (κ1) is 14.7. The quantitative estimate of drug-likeness (QED) is 0.721. The van der Waals surface area contributed by atoms with Crippen molar-refractivity contribution in [3.8, 4) is 5.88 Å². The van der Waals surface area contributed by atoms with Crippen LogP contribution in [0.2, 0.25) is 0 Å². The molecule has 0 aliphatic carbocycles. The Morgan fingerprint density at radius 1 is 1.22 bits per heavy atom. The van der Waals surface area contributed by atoms with E-state index in [0.717, 1.165) is 24.4 Å². The lowest BCUT2D eigenvalue weighted by atomic mass is 10.1. The molecule has 102 valence electrons. The molecule has 1 aromatic rings. The highest BCUT2D eigenvalue weighted by atomic mass is 16.5. The third-order valence-corrected chi connectivity index (χ3v) is 2.48. The highest BCUT2D eigenvalue weighted by Gasteiger charge is 2.15. The van der Waals surface area contributed by atoms with Crippen molar-refractivity contribution in [1.29, 1.82) is 0 Å². The maximum absolute atomic E-state index is 5.67. The summed E-state index contributed by atoms with van der Waals surface area (Å²) < 4.78 is 11.0. The maximum atomic E-state index is 5.67. The predicted molar refractivity (Wildman–Crippen MR) is 72.3 cm³/mol. The van der Waals surface area contributed by atoms with Gasteiger partial charge in [-0.25, -0.2) is 9.97 Å². The van der Waals surface area contributed by atoms with Gasteiger partial charge in [0.1, 0.15) is 18.8 Å². The summed E-state index contributed by atoms with van der Waals surface area (Å²) in [5.74, 6) is 1.77. The van der Waals surface area contributed by atoms with E-state index in [1.807, 2.05) is 7.05 Å². The predicted octanol–water partition coefficient (Wildman–Crippen LogP) is 2.45. The maximum Gasteiger partial charge on any atom is 0.222 e. The van der Waals surface area contributed by atoms with E-state index in [1.165, 1.54) is 6.33 Å². The Morgan fingerprint density at radius 3 is 2.61 bits per heavy atom. The lowest BCUT2D eigenvalue weighted by Gasteiger charge is -2.15. The van der Waals surface area contributed by atoms with Gasteiger partial charge in [0, 0.05) is 13.7 Å². The molecule has 0 unspecified atom stereocenters. The molecule has 0 saturated heterocycles. The summed E-state index contributed by atoms with van der Waals surface area (Å²) in [4.78, 5) is 8.40. The van der Waals surface area contributed by atoms with Crippen LogP contribution in [0.5, 0.6) is 5.88 Å². The van der Waals surface area contributed by atoms with Gasteiger partial charge in [-0.15, -0.1) is 0 Å². The van der Waals surface area contributed by atoms with Crippen molar-refractivity contribution in [2.24, 2.45) is 0 Å². The van der Waals surface area contributed by atoms with Crippen LogP contribution in [0, 0.1) is 0 Å². The van der Waals surface area contributed by atoms with E-state index in [0.29, 0.717) is 25.0 Å². The Morgan fingerprint density at radius 2 is 2.00 bits per heavy atom. The van der Waals surface area contributed by atoms with Crippen molar-refractivity contribution in [2.45, 2.75) is 33.1 Å². The fraction of sp³-hybridized carbons (Fsp3) is 0.692. The number of hydrogen-bond acceptors (Lipinski definition) is 5. The molecule has 1 N–H and O–H groups in total. The van der Waals surface area contributed by atoms with Gasteiger partial charge in [0.05, 0.1) is 12.2 Å². The van der Waals surface area contributed by atoms with E-state index in [4.69, 9.17) is 9.47 Å². The highest BCUT2D eigenvalue weighted by molar-refractivity contribution is 5.50. The third-order valence-electron chi connectivity index (χ3n) is 2.48. The van der Waals surface area contributed by atoms with E-state index >= 15 is 0 Å². The zero-order chi connectivity index (χ0) is 13.4. The van der Waals surface area contributed by atoms with E-state index in [1.54, 1.807) is 0 Å². The number of ether oxygens (including phenoxy) is 2. The van der Waals surface area contributed by atoms with Crippen molar-refractivity contribution < 1.29 is 9.47 Å². The number of aromatic nitrogens is 2. The van der Waals surface area contributed by atoms with Gasteiger partial charge in [-0.2, -0.15) is 0 Å². The number of nitrogens with zero attached hydrogens (tertiary/aromatic N) is 2. The molecule has 0 saturated carbocycles. The average molecular weight is 253 g/mol. The molecule has 0 spiro atoms. The minimum atomic E-state index is 0.306. The fourth-order valence-electron chi connectivity index (χ4n) is 1.66. The lowest BCUT2D eigenvalue weighted by molar-refractivity contribution is 0.0985. The summed E-state index contributed by atoms with van der Waals surface area (Å²) >= 11 is 0. The van der Waals surface area contributed by atoms with Crippen molar-refractivity contribution >= 4 is 5.82 Å². The zero-order valence-electron chi connectivity index (χ0n) is 11.7. The molecule has 0 radical (unpaired) electrons. The van der Waals surface area contributed by atoms with Crippen LogP contribution in [-0.4, -0.2) is 36.8 Å². The summed E-state index contributed by atoms with van der Waals surface area (Å²) in [6.45, 7) is 8.15. The molecule has 1 aromatic heterocycles. The molecule has 0 amide bonds. The minimum Gasteiger partial charge on any atom is -0.475 e. The SMILES string of the molecule is CCCOCCOc1ncnc(NC)c1C(C)C. The van der Waals surface area contributed by atoms with Crippen molar-refractivity contribution in [3.05, 3.63) is 11.9 Å². The Bertz CT molecular complexity index is 356. The van der Waals surface area contributed by atoms with Crippen LogP contribution in [0.4, 0.5) is 5.82 Å². The zero-order valence-corrected chi connectivity index (χ0v) is 11.7. The first-order valence-electron chi connectivity index (χ1n) is 6.43. The van der Waals surface area contributed by atoms with Crippen LogP contribution in [-0.2, 0) is 4.74 Å². The van der Waals surface area contributed by atoms with E-state index < -0.39 is 0 Å². The van der Waals surface area contributed by atoms with Crippen LogP contribution >= 0.6 is 0 Å². The lowest BCUT2D eigenvalue weighted by Crippen LogP contribution is -2.11. The minimum absolute atomic E-state index is 0.306. The molecule has 5 nitrogen and oxygen atoms in total. The summed E-state index contributed by atoms with van der Waals surface area (Å²) in [6.07, 6.45) is 2.54. The summed E-state index contributed by atoms with van der Waals surface area (Å²) in [5.41, 5.74) is 1.01. The normalized spacial score (nSPS) is 10.7. The molecule has 0 fully saturated rings. The Labute approximate surface area is 109 Å². The van der Waals surface area contributed by atoms with Crippen molar-refractivity contribution in [3.63, 3.8) is 0 Å². The van der Waals surface area contributed by atoms with E-state index in [-0.39, 0.29) is 0 Å². The van der Waals surface area contributed by atoms with Gasteiger partial charge in [0.25, 0.3) is 0 Å². The molecular formula is C13H23N3O2. The Balaban J connectivity index is 2.64. The molecule has 18 heavy (non-hydrogen) atoms. The van der Waals surface area contributed by atoms with E-state index in [9.17, 15) is 0 Å². The number of hydrogen-bond donors (Lipinski definition) is 1. The molecule has 1 heterocycles.